The van der Waals surface area contributed by atoms with Crippen LogP contribution in [0.25, 0.3) is 0 Å². The Bertz CT molecular complexity index is 585. The van der Waals surface area contributed by atoms with E-state index in [0.29, 0.717) is 12.1 Å². The fraction of sp³-hybridized carbons (Fsp3) is 0.462. The third-order valence-corrected chi connectivity index (χ3v) is 4.17. The number of nitrogens with two attached hydrogens (primary N) is 1. The average molecular weight is 281 g/mol. The number of hydrogen-bond donors (Lipinski definition) is 1. The van der Waals surface area contributed by atoms with Gasteiger partial charge in [-0.2, -0.15) is 0 Å². The molecule has 19 heavy (non-hydrogen) atoms. The first kappa shape index (κ1) is 15.6. The quantitative estimate of drug-likeness (QED) is 0.823. The van der Waals surface area contributed by atoms with Crippen LogP contribution in [0.2, 0.25) is 0 Å². The minimum absolute atomic E-state index is 0.152. The Morgan fingerprint density at radius 3 is 2.68 bits per heavy atom. The van der Waals surface area contributed by atoms with Crippen LogP contribution in [-0.4, -0.2) is 37.8 Å². The van der Waals surface area contributed by atoms with Crippen molar-refractivity contribution in [2.75, 3.05) is 20.1 Å². The van der Waals surface area contributed by atoms with Gasteiger partial charge in [-0.1, -0.05) is 25.7 Å². The highest BCUT2D eigenvalue weighted by Crippen LogP contribution is 2.15. The van der Waals surface area contributed by atoms with Gasteiger partial charge in [0.25, 0.3) is 0 Å². The van der Waals surface area contributed by atoms with Gasteiger partial charge in [0.2, 0.25) is 10.0 Å². The van der Waals surface area contributed by atoms with E-state index in [2.05, 4.69) is 16.8 Å². The van der Waals surface area contributed by atoms with Crippen LogP contribution in [-0.2, 0) is 10.0 Å². The molecule has 0 aliphatic carbocycles. The molecule has 0 aromatic carbocycles. The summed E-state index contributed by atoms with van der Waals surface area (Å²) >= 11 is 0. The van der Waals surface area contributed by atoms with Crippen molar-refractivity contribution in [1.29, 1.82) is 0 Å². The van der Waals surface area contributed by atoms with Crippen LogP contribution in [0.1, 0.15) is 19.4 Å². The largest absolute Gasteiger partial charge is 0.320 e. The molecule has 0 bridgehead atoms. The van der Waals surface area contributed by atoms with E-state index in [1.807, 2.05) is 13.8 Å². The Morgan fingerprint density at radius 2 is 2.11 bits per heavy atom. The summed E-state index contributed by atoms with van der Waals surface area (Å²) in [6.07, 6.45) is 2.85. The molecule has 0 fully saturated rings. The van der Waals surface area contributed by atoms with Gasteiger partial charge in [0.15, 0.2) is 0 Å². The second kappa shape index (κ2) is 6.66. The van der Waals surface area contributed by atoms with Crippen molar-refractivity contribution in [1.82, 2.24) is 9.29 Å². The van der Waals surface area contributed by atoms with Crippen molar-refractivity contribution in [2.45, 2.75) is 18.7 Å². The highest BCUT2D eigenvalue weighted by atomic mass is 32.2. The number of pyridine rings is 1. The van der Waals surface area contributed by atoms with E-state index in [1.54, 1.807) is 7.05 Å². The fourth-order valence-electron chi connectivity index (χ4n) is 1.57. The second-order valence-electron chi connectivity index (χ2n) is 4.59. The van der Waals surface area contributed by atoms with E-state index in [1.165, 1.54) is 22.8 Å². The molecule has 5 nitrogen and oxygen atoms in total. The predicted octanol–water partition coefficient (Wildman–Crippen LogP) is 0.668. The summed E-state index contributed by atoms with van der Waals surface area (Å²) in [5, 5.41) is 0. The molecule has 1 aromatic rings. The molecule has 2 N–H and O–H groups in total. The highest BCUT2D eigenvalue weighted by molar-refractivity contribution is 7.89. The monoisotopic (exact) mass is 281 g/mol. The van der Waals surface area contributed by atoms with Crippen LogP contribution < -0.4 is 5.73 Å². The Hall–Kier alpha value is -1.42. The summed E-state index contributed by atoms with van der Waals surface area (Å²) in [6.45, 7) is 4.62. The fourth-order valence-corrected chi connectivity index (χ4v) is 2.90. The Morgan fingerprint density at radius 1 is 1.42 bits per heavy atom. The molecular weight excluding hydrogens is 262 g/mol. The lowest BCUT2D eigenvalue weighted by Gasteiger charge is -2.18. The summed E-state index contributed by atoms with van der Waals surface area (Å²) in [5.41, 5.74) is 5.83. The van der Waals surface area contributed by atoms with Crippen LogP contribution >= 0.6 is 0 Å². The molecular formula is C13H19N3O2S. The standard InChI is InChI=1S/C13H19N3O2S/c1-11(2)10-16(3)19(17,18)13-7-12(5-4-6-14)8-15-9-13/h7-9,11H,6,10,14H2,1-3H3. The van der Waals surface area contributed by atoms with E-state index in [0.717, 1.165) is 0 Å². The SMILES string of the molecule is CC(C)CN(C)S(=O)(=O)c1cncc(C#CCN)c1. The minimum atomic E-state index is -3.51. The first-order valence-corrected chi connectivity index (χ1v) is 7.42. The molecule has 0 unspecified atom stereocenters. The van der Waals surface area contributed by atoms with Gasteiger partial charge in [0.1, 0.15) is 4.90 Å². The zero-order valence-corrected chi connectivity index (χ0v) is 12.2. The number of nitrogens with zero attached hydrogens (tertiary/aromatic N) is 2. The Balaban J connectivity index is 3.08. The van der Waals surface area contributed by atoms with Crippen LogP contribution in [0.4, 0.5) is 0 Å². The van der Waals surface area contributed by atoms with Crippen LogP contribution in [0.3, 0.4) is 0 Å². The summed E-state index contributed by atoms with van der Waals surface area (Å²) in [7, 11) is -1.95. The summed E-state index contributed by atoms with van der Waals surface area (Å²) < 4.78 is 25.9. The molecule has 0 saturated carbocycles. The zero-order valence-electron chi connectivity index (χ0n) is 11.4. The van der Waals surface area contributed by atoms with Gasteiger partial charge in [-0.15, -0.1) is 0 Å². The lowest BCUT2D eigenvalue weighted by atomic mass is 10.2. The van der Waals surface area contributed by atoms with Crippen molar-refractivity contribution in [3.63, 3.8) is 0 Å². The van der Waals surface area contributed by atoms with Crippen LogP contribution in [0, 0.1) is 17.8 Å². The van der Waals surface area contributed by atoms with Gasteiger partial charge in [-0.3, -0.25) is 4.98 Å². The van der Waals surface area contributed by atoms with Gasteiger partial charge >= 0.3 is 0 Å². The van der Waals surface area contributed by atoms with Crippen LogP contribution in [0.15, 0.2) is 23.4 Å². The average Bonchev–Trinajstić information content (AvgIpc) is 2.35. The smallest absolute Gasteiger partial charge is 0.244 e. The van der Waals surface area contributed by atoms with Crippen LogP contribution in [0.5, 0.6) is 0 Å². The van der Waals surface area contributed by atoms with Gasteiger partial charge < -0.3 is 5.73 Å². The van der Waals surface area contributed by atoms with E-state index in [-0.39, 0.29) is 17.4 Å². The highest BCUT2D eigenvalue weighted by Gasteiger charge is 2.21. The molecule has 1 aromatic heterocycles. The maximum atomic E-state index is 12.3. The third-order valence-electron chi connectivity index (χ3n) is 2.38. The predicted molar refractivity (Wildman–Crippen MR) is 74.8 cm³/mol. The summed E-state index contributed by atoms with van der Waals surface area (Å²) in [5.74, 6) is 5.71. The first-order chi connectivity index (χ1) is 8.87. The van der Waals surface area contributed by atoms with E-state index in [9.17, 15) is 8.42 Å². The molecule has 104 valence electrons. The topological polar surface area (TPSA) is 76.3 Å². The molecule has 6 heteroatoms. The van der Waals surface area contributed by atoms with Gasteiger partial charge in [0.05, 0.1) is 6.54 Å². The molecule has 1 rings (SSSR count). The molecule has 0 saturated heterocycles. The second-order valence-corrected chi connectivity index (χ2v) is 6.64. The van der Waals surface area contributed by atoms with E-state index >= 15 is 0 Å². The molecule has 0 amide bonds. The number of rotatable bonds is 4. The first-order valence-electron chi connectivity index (χ1n) is 5.98. The number of hydrogen-bond acceptors (Lipinski definition) is 4. The van der Waals surface area contributed by atoms with Gasteiger partial charge in [-0.25, -0.2) is 12.7 Å². The van der Waals surface area contributed by atoms with Crippen molar-refractivity contribution >= 4 is 10.0 Å². The van der Waals surface area contributed by atoms with Gasteiger partial charge in [-0.05, 0) is 12.0 Å². The molecule has 0 atom stereocenters. The molecule has 0 aliphatic rings. The third kappa shape index (κ3) is 4.31. The molecule has 0 spiro atoms. The Labute approximate surface area is 114 Å². The molecule has 1 heterocycles. The molecule has 0 aliphatic heterocycles. The lowest BCUT2D eigenvalue weighted by molar-refractivity contribution is 0.417. The summed E-state index contributed by atoms with van der Waals surface area (Å²) in [6, 6.07) is 1.52. The number of sulfonamides is 1. The van der Waals surface area contributed by atoms with Crippen molar-refractivity contribution in [3.8, 4) is 11.8 Å². The Kier molecular flexibility index (Phi) is 5.48. The normalized spacial score (nSPS) is 11.5. The summed E-state index contributed by atoms with van der Waals surface area (Å²) in [4.78, 5) is 4.07. The lowest BCUT2D eigenvalue weighted by Crippen LogP contribution is -2.30. The molecule has 0 radical (unpaired) electrons. The number of aromatic nitrogens is 1. The zero-order chi connectivity index (χ0) is 14.5. The maximum Gasteiger partial charge on any atom is 0.244 e. The van der Waals surface area contributed by atoms with E-state index < -0.39 is 10.0 Å². The minimum Gasteiger partial charge on any atom is -0.320 e. The maximum absolute atomic E-state index is 12.3. The van der Waals surface area contributed by atoms with Gasteiger partial charge in [0, 0.05) is 31.5 Å². The van der Waals surface area contributed by atoms with Crippen molar-refractivity contribution in [3.05, 3.63) is 24.0 Å². The van der Waals surface area contributed by atoms with Crippen molar-refractivity contribution < 1.29 is 8.42 Å². The van der Waals surface area contributed by atoms with Crippen molar-refractivity contribution in [2.24, 2.45) is 11.7 Å². The van der Waals surface area contributed by atoms with E-state index in [4.69, 9.17) is 5.73 Å².